The molecular weight excluding hydrogens is 314 g/mol. The van der Waals surface area contributed by atoms with Gasteiger partial charge in [0.1, 0.15) is 29.6 Å². The van der Waals surface area contributed by atoms with Crippen LogP contribution in [0.15, 0.2) is 24.3 Å². The number of nitriles is 3. The van der Waals surface area contributed by atoms with E-state index in [0.29, 0.717) is 11.3 Å². The Labute approximate surface area is 135 Å². The lowest BCUT2D eigenvalue weighted by Crippen LogP contribution is -2.08. The van der Waals surface area contributed by atoms with Gasteiger partial charge in [-0.3, -0.25) is 0 Å². The minimum absolute atomic E-state index is 0.0868. The summed E-state index contributed by atoms with van der Waals surface area (Å²) in [5.41, 5.74) is 1.19. The Kier molecular flexibility index (Phi) is 3.60. The normalized spacial score (nSPS) is 11.4. The van der Waals surface area contributed by atoms with Crippen LogP contribution in [0.1, 0.15) is 28.8 Å². The lowest BCUT2D eigenvalue weighted by atomic mass is 10.1. The van der Waals surface area contributed by atoms with Crippen molar-refractivity contribution in [3.05, 3.63) is 52.3 Å². The molecule has 1 aromatic carbocycles. The molecule has 108 valence electrons. The van der Waals surface area contributed by atoms with Crippen LogP contribution >= 0.6 is 11.6 Å². The molecule has 0 fully saturated rings. The van der Waals surface area contributed by atoms with Crippen molar-refractivity contribution in [3.8, 4) is 18.2 Å². The van der Waals surface area contributed by atoms with Gasteiger partial charge in [0.15, 0.2) is 16.5 Å². The fourth-order valence-electron chi connectivity index (χ4n) is 2.13. The molecule has 1 atom stereocenters. The van der Waals surface area contributed by atoms with Gasteiger partial charge in [0.25, 0.3) is 0 Å². The fraction of sp³-hybridized carbons (Fsp3) is 0.0667. The summed E-state index contributed by atoms with van der Waals surface area (Å²) in [5.74, 6) is -0.583. The summed E-state index contributed by atoms with van der Waals surface area (Å²) >= 11 is 6.03. The van der Waals surface area contributed by atoms with Gasteiger partial charge in [-0.15, -0.1) is 0 Å². The molecule has 0 aliphatic heterocycles. The average molecular weight is 320 g/mol. The van der Waals surface area contributed by atoms with E-state index in [-0.39, 0.29) is 22.2 Å². The van der Waals surface area contributed by atoms with Crippen molar-refractivity contribution < 1.29 is 0 Å². The van der Waals surface area contributed by atoms with Crippen molar-refractivity contribution in [2.45, 2.75) is 5.92 Å². The first-order valence-corrected chi connectivity index (χ1v) is 6.77. The van der Waals surface area contributed by atoms with Gasteiger partial charge in [-0.05, 0) is 12.1 Å². The summed E-state index contributed by atoms with van der Waals surface area (Å²) in [7, 11) is 0. The molecule has 0 aliphatic carbocycles. The van der Waals surface area contributed by atoms with Gasteiger partial charge in [0, 0.05) is 0 Å². The number of nitrogens with one attached hydrogen (secondary N) is 1. The number of aromatic amines is 1. The highest BCUT2D eigenvalue weighted by Crippen LogP contribution is 2.27. The van der Waals surface area contributed by atoms with E-state index in [1.54, 1.807) is 18.2 Å². The molecule has 23 heavy (non-hydrogen) atoms. The number of aromatic nitrogens is 4. The number of rotatable bonds is 2. The van der Waals surface area contributed by atoms with Crippen molar-refractivity contribution in [2.75, 3.05) is 0 Å². The molecule has 3 rings (SSSR count). The van der Waals surface area contributed by atoms with E-state index in [9.17, 15) is 5.26 Å². The maximum Gasteiger partial charge on any atom is 0.178 e. The first-order valence-electron chi connectivity index (χ1n) is 6.39. The molecule has 0 spiro atoms. The molecule has 0 saturated heterocycles. The second-order valence-electron chi connectivity index (χ2n) is 4.52. The van der Waals surface area contributed by atoms with Gasteiger partial charge >= 0.3 is 0 Å². The van der Waals surface area contributed by atoms with Gasteiger partial charge in [-0.25, -0.2) is 15.0 Å². The zero-order chi connectivity index (χ0) is 16.4. The number of imidazole rings is 1. The van der Waals surface area contributed by atoms with E-state index >= 15 is 0 Å². The summed E-state index contributed by atoms with van der Waals surface area (Å²) in [6, 6.07) is 12.9. The number of halogens is 1. The predicted octanol–water partition coefficient (Wildman–Crippen LogP) is 2.41. The van der Waals surface area contributed by atoms with Gasteiger partial charge in [0.05, 0.1) is 17.1 Å². The van der Waals surface area contributed by atoms with Crippen molar-refractivity contribution in [2.24, 2.45) is 0 Å². The number of H-pyrrole nitrogens is 1. The maximum absolute atomic E-state index is 9.49. The maximum atomic E-state index is 9.49. The van der Waals surface area contributed by atoms with Crippen LogP contribution < -0.4 is 0 Å². The minimum atomic E-state index is -0.928. The SMILES string of the molecule is N#Cc1nc(Cl)c(C(C#N)c2nc3ccccc3[nH]2)nc1C#N. The third-order valence-electron chi connectivity index (χ3n) is 3.17. The lowest BCUT2D eigenvalue weighted by Gasteiger charge is -2.08. The molecule has 0 bridgehead atoms. The Bertz CT molecular complexity index is 1000. The van der Waals surface area contributed by atoms with Crippen LogP contribution in [-0.2, 0) is 0 Å². The number of para-hydroxylation sites is 2. The highest BCUT2D eigenvalue weighted by atomic mass is 35.5. The zero-order valence-corrected chi connectivity index (χ0v) is 12.2. The molecule has 0 saturated carbocycles. The number of nitrogens with zero attached hydrogens (tertiary/aromatic N) is 6. The summed E-state index contributed by atoms with van der Waals surface area (Å²) in [4.78, 5) is 15.2. The second-order valence-corrected chi connectivity index (χ2v) is 4.88. The number of benzene rings is 1. The molecule has 2 aromatic heterocycles. The Morgan fingerprint density at radius 3 is 2.35 bits per heavy atom. The number of hydrogen-bond acceptors (Lipinski definition) is 6. The summed E-state index contributed by atoms with van der Waals surface area (Å²) in [5, 5.41) is 27.4. The first kappa shape index (κ1) is 14.5. The largest absolute Gasteiger partial charge is 0.341 e. The van der Waals surface area contributed by atoms with Gasteiger partial charge in [-0.2, -0.15) is 15.8 Å². The van der Waals surface area contributed by atoms with Crippen LogP contribution in [0.3, 0.4) is 0 Å². The third-order valence-corrected chi connectivity index (χ3v) is 3.45. The van der Waals surface area contributed by atoms with E-state index in [0.717, 1.165) is 5.52 Å². The Balaban J connectivity index is 2.17. The van der Waals surface area contributed by atoms with Crippen LogP contribution in [0.5, 0.6) is 0 Å². The molecular formula is C15H6ClN7. The second kappa shape index (κ2) is 5.73. The van der Waals surface area contributed by atoms with E-state index in [4.69, 9.17) is 22.1 Å². The molecule has 3 aromatic rings. The van der Waals surface area contributed by atoms with E-state index in [1.165, 1.54) is 0 Å². The van der Waals surface area contributed by atoms with Crippen molar-refractivity contribution >= 4 is 22.6 Å². The summed E-state index contributed by atoms with van der Waals surface area (Å²) in [6.45, 7) is 0. The Morgan fingerprint density at radius 1 is 1.00 bits per heavy atom. The van der Waals surface area contributed by atoms with E-state index in [1.807, 2.05) is 18.2 Å². The Hall–Kier alpha value is -3.47. The first-order chi connectivity index (χ1) is 11.2. The topological polar surface area (TPSA) is 126 Å². The Morgan fingerprint density at radius 2 is 1.70 bits per heavy atom. The smallest absolute Gasteiger partial charge is 0.178 e. The number of fused-ring (bicyclic) bond motifs is 1. The molecule has 0 radical (unpaired) electrons. The fourth-order valence-corrected chi connectivity index (χ4v) is 2.36. The molecule has 1 N–H and O–H groups in total. The molecule has 1 unspecified atom stereocenters. The molecule has 2 heterocycles. The molecule has 7 nitrogen and oxygen atoms in total. The highest BCUT2D eigenvalue weighted by molar-refractivity contribution is 6.30. The van der Waals surface area contributed by atoms with Crippen molar-refractivity contribution in [1.29, 1.82) is 15.8 Å². The summed E-state index contributed by atoms with van der Waals surface area (Å²) in [6.07, 6.45) is 0. The van der Waals surface area contributed by atoms with Crippen molar-refractivity contribution in [1.82, 2.24) is 19.9 Å². The predicted molar refractivity (Wildman–Crippen MR) is 80.0 cm³/mol. The lowest BCUT2D eigenvalue weighted by molar-refractivity contribution is 0.871. The van der Waals surface area contributed by atoms with Crippen LogP contribution in [0.2, 0.25) is 5.15 Å². The third kappa shape index (κ3) is 2.44. The molecule has 8 heteroatoms. The average Bonchev–Trinajstić information content (AvgIpc) is 3.00. The zero-order valence-electron chi connectivity index (χ0n) is 11.4. The van der Waals surface area contributed by atoms with Crippen LogP contribution in [0.4, 0.5) is 0 Å². The van der Waals surface area contributed by atoms with Crippen LogP contribution in [-0.4, -0.2) is 19.9 Å². The summed E-state index contributed by atoms with van der Waals surface area (Å²) < 4.78 is 0. The quantitative estimate of drug-likeness (QED) is 0.772. The molecule has 0 amide bonds. The van der Waals surface area contributed by atoms with Crippen LogP contribution in [0.25, 0.3) is 11.0 Å². The highest BCUT2D eigenvalue weighted by Gasteiger charge is 2.25. The van der Waals surface area contributed by atoms with Gasteiger partial charge < -0.3 is 4.98 Å². The standard InChI is InChI=1S/C15H6ClN7/c16-14-13(20-11(6-18)12(7-19)21-14)8(5-17)15-22-9-3-1-2-4-10(9)23-15/h1-4,8H,(H,22,23). The van der Waals surface area contributed by atoms with E-state index < -0.39 is 5.92 Å². The van der Waals surface area contributed by atoms with E-state index in [2.05, 4.69) is 26.0 Å². The van der Waals surface area contributed by atoms with Gasteiger partial charge in [0.2, 0.25) is 0 Å². The molecule has 0 aliphatic rings. The number of hydrogen-bond donors (Lipinski definition) is 1. The monoisotopic (exact) mass is 319 g/mol. The van der Waals surface area contributed by atoms with Gasteiger partial charge in [-0.1, -0.05) is 23.7 Å². The van der Waals surface area contributed by atoms with Crippen molar-refractivity contribution in [3.63, 3.8) is 0 Å². The van der Waals surface area contributed by atoms with Crippen LogP contribution in [0, 0.1) is 34.0 Å². The minimum Gasteiger partial charge on any atom is -0.341 e.